The van der Waals surface area contributed by atoms with E-state index in [2.05, 4.69) is 0 Å². The SMILES string of the molecule is Cc1cccc(OC2CN(C(=O)[C@@H](c3ccc4c(c3)OCO4)N(C)C)C2)c1. The van der Waals surface area contributed by atoms with E-state index in [4.69, 9.17) is 14.2 Å². The summed E-state index contributed by atoms with van der Waals surface area (Å²) in [5.41, 5.74) is 2.06. The Kier molecular flexibility index (Phi) is 4.66. The third-order valence-corrected chi connectivity index (χ3v) is 4.91. The molecule has 0 unspecified atom stereocenters. The molecule has 0 saturated carbocycles. The highest BCUT2D eigenvalue weighted by atomic mass is 16.7. The number of likely N-dealkylation sites (N-methyl/N-ethyl adjacent to an activating group) is 1. The normalized spacial score (nSPS) is 17.0. The maximum atomic E-state index is 13.1. The van der Waals surface area contributed by atoms with Gasteiger partial charge in [0.05, 0.1) is 13.1 Å². The van der Waals surface area contributed by atoms with Gasteiger partial charge in [-0.1, -0.05) is 18.2 Å². The molecule has 142 valence electrons. The molecular formula is C21H24N2O4. The number of rotatable bonds is 5. The average Bonchev–Trinajstić information content (AvgIpc) is 3.05. The van der Waals surface area contributed by atoms with E-state index in [0.29, 0.717) is 18.8 Å². The van der Waals surface area contributed by atoms with Crippen LogP contribution >= 0.6 is 0 Å². The molecule has 27 heavy (non-hydrogen) atoms. The Morgan fingerprint density at radius 2 is 1.93 bits per heavy atom. The highest BCUT2D eigenvalue weighted by Gasteiger charge is 2.37. The fraction of sp³-hybridized carbons (Fsp3) is 0.381. The lowest BCUT2D eigenvalue weighted by Crippen LogP contribution is -2.58. The Balaban J connectivity index is 1.42. The van der Waals surface area contributed by atoms with Crippen LogP contribution in [0.5, 0.6) is 17.2 Å². The van der Waals surface area contributed by atoms with Gasteiger partial charge in [-0.2, -0.15) is 0 Å². The van der Waals surface area contributed by atoms with Crippen molar-refractivity contribution < 1.29 is 19.0 Å². The molecule has 6 nitrogen and oxygen atoms in total. The van der Waals surface area contributed by atoms with Gasteiger partial charge in [0, 0.05) is 0 Å². The van der Waals surface area contributed by atoms with Crippen molar-refractivity contribution in [2.45, 2.75) is 19.1 Å². The van der Waals surface area contributed by atoms with Crippen molar-refractivity contribution >= 4 is 5.91 Å². The van der Waals surface area contributed by atoms with Crippen LogP contribution in [0.15, 0.2) is 42.5 Å². The van der Waals surface area contributed by atoms with Crippen molar-refractivity contribution in [3.05, 3.63) is 53.6 Å². The molecule has 2 aromatic rings. The topological polar surface area (TPSA) is 51.2 Å². The van der Waals surface area contributed by atoms with Crippen molar-refractivity contribution in [3.8, 4) is 17.2 Å². The third kappa shape index (κ3) is 3.57. The number of hydrogen-bond acceptors (Lipinski definition) is 5. The molecule has 2 aromatic carbocycles. The zero-order chi connectivity index (χ0) is 19.0. The lowest BCUT2D eigenvalue weighted by Gasteiger charge is -2.41. The van der Waals surface area contributed by atoms with E-state index in [9.17, 15) is 4.79 Å². The summed E-state index contributed by atoms with van der Waals surface area (Å²) in [6.07, 6.45) is 0.0373. The van der Waals surface area contributed by atoms with Gasteiger partial charge in [-0.05, 0) is 56.4 Å². The summed E-state index contributed by atoms with van der Waals surface area (Å²) in [5, 5.41) is 0. The second kappa shape index (κ2) is 7.12. The summed E-state index contributed by atoms with van der Waals surface area (Å²) in [4.78, 5) is 16.8. The van der Waals surface area contributed by atoms with Gasteiger partial charge in [0.15, 0.2) is 11.5 Å². The fourth-order valence-corrected chi connectivity index (χ4v) is 3.49. The summed E-state index contributed by atoms with van der Waals surface area (Å²) in [6.45, 7) is 3.46. The molecule has 0 spiro atoms. The van der Waals surface area contributed by atoms with Crippen LogP contribution in [0.4, 0.5) is 0 Å². The summed E-state index contributed by atoms with van der Waals surface area (Å²) in [6, 6.07) is 13.3. The van der Waals surface area contributed by atoms with Gasteiger partial charge in [-0.3, -0.25) is 9.69 Å². The second-order valence-electron chi connectivity index (χ2n) is 7.28. The fourth-order valence-electron chi connectivity index (χ4n) is 3.49. The van der Waals surface area contributed by atoms with Crippen LogP contribution < -0.4 is 14.2 Å². The Hall–Kier alpha value is -2.73. The molecule has 4 rings (SSSR count). The largest absolute Gasteiger partial charge is 0.487 e. The number of ether oxygens (including phenoxy) is 3. The quantitative estimate of drug-likeness (QED) is 0.812. The van der Waals surface area contributed by atoms with E-state index in [-0.39, 0.29) is 24.8 Å². The minimum Gasteiger partial charge on any atom is -0.487 e. The smallest absolute Gasteiger partial charge is 0.244 e. The van der Waals surface area contributed by atoms with Crippen LogP contribution in [0.3, 0.4) is 0 Å². The highest BCUT2D eigenvalue weighted by molar-refractivity contribution is 5.84. The van der Waals surface area contributed by atoms with E-state index in [1.165, 1.54) is 0 Å². The van der Waals surface area contributed by atoms with Crippen LogP contribution in [0.1, 0.15) is 17.2 Å². The predicted octanol–water partition coefficient (Wildman–Crippen LogP) is 2.62. The first-order valence-corrected chi connectivity index (χ1v) is 9.09. The van der Waals surface area contributed by atoms with Crippen LogP contribution in [0.25, 0.3) is 0 Å². The molecule has 0 aliphatic carbocycles. The standard InChI is InChI=1S/C21H24N2O4/c1-14-5-4-6-16(9-14)27-17-11-23(12-17)21(24)20(22(2)3)15-7-8-18-19(10-15)26-13-25-18/h4-10,17,20H,11-13H2,1-3H3/t20-/m1/s1. The molecule has 0 radical (unpaired) electrons. The molecule has 1 saturated heterocycles. The van der Waals surface area contributed by atoms with Gasteiger partial charge >= 0.3 is 0 Å². The van der Waals surface area contributed by atoms with Crippen LogP contribution in [-0.2, 0) is 4.79 Å². The number of aryl methyl sites for hydroxylation is 1. The summed E-state index contributed by atoms with van der Waals surface area (Å²) < 4.78 is 16.8. The molecule has 0 aromatic heterocycles. The molecule has 2 aliphatic heterocycles. The van der Waals surface area contributed by atoms with Gasteiger partial charge < -0.3 is 19.1 Å². The summed E-state index contributed by atoms with van der Waals surface area (Å²) in [5.74, 6) is 2.34. The Bertz CT molecular complexity index is 846. The molecule has 0 bridgehead atoms. The minimum absolute atomic E-state index is 0.0373. The van der Waals surface area contributed by atoms with Crippen LogP contribution in [0.2, 0.25) is 0 Å². The van der Waals surface area contributed by atoms with E-state index >= 15 is 0 Å². The van der Waals surface area contributed by atoms with Gasteiger partial charge in [0.1, 0.15) is 17.9 Å². The molecule has 2 heterocycles. The van der Waals surface area contributed by atoms with E-state index < -0.39 is 0 Å². The monoisotopic (exact) mass is 368 g/mol. The molecule has 1 atom stereocenters. The van der Waals surface area contributed by atoms with Crippen molar-refractivity contribution in [3.63, 3.8) is 0 Å². The Morgan fingerprint density at radius 3 is 2.67 bits per heavy atom. The number of fused-ring (bicyclic) bond motifs is 1. The van der Waals surface area contributed by atoms with Crippen molar-refractivity contribution in [1.82, 2.24) is 9.80 Å². The molecular weight excluding hydrogens is 344 g/mol. The van der Waals surface area contributed by atoms with Gasteiger partial charge in [0.25, 0.3) is 0 Å². The average molecular weight is 368 g/mol. The molecule has 1 fully saturated rings. The molecule has 0 N–H and O–H groups in total. The molecule has 6 heteroatoms. The maximum Gasteiger partial charge on any atom is 0.244 e. The summed E-state index contributed by atoms with van der Waals surface area (Å²) in [7, 11) is 3.82. The lowest BCUT2D eigenvalue weighted by atomic mass is 10.0. The van der Waals surface area contributed by atoms with Crippen molar-refractivity contribution in [2.24, 2.45) is 0 Å². The first-order chi connectivity index (χ1) is 13.0. The van der Waals surface area contributed by atoms with Crippen LogP contribution in [0, 0.1) is 6.92 Å². The third-order valence-electron chi connectivity index (χ3n) is 4.91. The van der Waals surface area contributed by atoms with Gasteiger partial charge in [-0.15, -0.1) is 0 Å². The molecule has 2 aliphatic rings. The van der Waals surface area contributed by atoms with Crippen molar-refractivity contribution in [2.75, 3.05) is 34.0 Å². The zero-order valence-electron chi connectivity index (χ0n) is 15.8. The number of carbonyl (C=O) groups excluding carboxylic acids is 1. The minimum atomic E-state index is -0.362. The highest BCUT2D eigenvalue weighted by Crippen LogP contribution is 2.36. The number of benzene rings is 2. The molecule has 1 amide bonds. The van der Waals surface area contributed by atoms with Crippen molar-refractivity contribution in [1.29, 1.82) is 0 Å². The first-order valence-electron chi connectivity index (χ1n) is 9.09. The number of nitrogens with zero attached hydrogens (tertiary/aromatic N) is 2. The Labute approximate surface area is 159 Å². The summed E-state index contributed by atoms with van der Waals surface area (Å²) >= 11 is 0. The zero-order valence-corrected chi connectivity index (χ0v) is 15.8. The van der Waals surface area contributed by atoms with E-state index in [1.54, 1.807) is 0 Å². The van der Waals surface area contributed by atoms with Gasteiger partial charge in [-0.25, -0.2) is 0 Å². The van der Waals surface area contributed by atoms with E-state index in [1.807, 2.05) is 73.3 Å². The maximum absolute atomic E-state index is 13.1. The first kappa shape index (κ1) is 17.7. The van der Waals surface area contributed by atoms with Gasteiger partial charge in [0.2, 0.25) is 12.7 Å². The predicted molar refractivity (Wildman–Crippen MR) is 101 cm³/mol. The van der Waals surface area contributed by atoms with Crippen LogP contribution in [-0.4, -0.2) is 55.8 Å². The number of amides is 1. The number of likely N-dealkylation sites (tertiary alicyclic amines) is 1. The van der Waals surface area contributed by atoms with E-state index in [0.717, 1.165) is 22.6 Å². The number of hydrogen-bond donors (Lipinski definition) is 0. The second-order valence-corrected chi connectivity index (χ2v) is 7.28. The number of carbonyl (C=O) groups is 1. The lowest BCUT2D eigenvalue weighted by molar-refractivity contribution is -0.145. The Morgan fingerprint density at radius 1 is 1.15 bits per heavy atom.